The molecule has 2 rings (SSSR count). The molecule has 0 aliphatic heterocycles. The highest BCUT2D eigenvalue weighted by Gasteiger charge is 2.58. The number of hydrogen-bond acceptors (Lipinski definition) is 18. The number of carboxylic acid groups (broad SMARTS) is 1. The topological polar surface area (TPSA) is 382 Å². The van der Waals surface area contributed by atoms with Gasteiger partial charge >= 0.3 is 63.9 Å². The summed E-state index contributed by atoms with van der Waals surface area (Å²) in [6.07, 6.45) is -9.61. The molecule has 1 aromatic carbocycles. The van der Waals surface area contributed by atoms with Gasteiger partial charge in [0.1, 0.15) is 18.3 Å². The summed E-state index contributed by atoms with van der Waals surface area (Å²) in [5.41, 5.74) is -3.62. The van der Waals surface area contributed by atoms with E-state index >= 15 is 0 Å². The zero-order valence-electron chi connectivity index (χ0n) is 21.1. The Bertz CT molecular complexity index is 1890. The minimum absolute atomic E-state index is 0.315. The van der Waals surface area contributed by atoms with Crippen molar-refractivity contribution in [2.75, 3.05) is 0 Å². The highest BCUT2D eigenvalue weighted by molar-refractivity contribution is 7.82. The Morgan fingerprint density at radius 1 is 0.711 bits per heavy atom. The van der Waals surface area contributed by atoms with Crippen LogP contribution in [0, 0.1) is 0 Å². The standard InChI is InChI=1S/C16H18O24S5/c17-13(4-2-8-1-3-9(36-41(20,21)22)10(5-8)37-42(23,24)25)35-11-6-16(15(18)19,40-45(32,33)34)7-12(38-43(26,27)28)14(11)39-44(29,30)31/h1-5,11-12,14H,6-7H2,(H,18,19)(H,20,21,22)(H,23,24,25)(H,26,27,28)(H,29,30,31)(H,32,33,34)/b4-2+/t11-,12-,14-,16+/m1/s1. The second-order valence-corrected chi connectivity index (χ2v) is 13.5. The Balaban J connectivity index is 2.55. The van der Waals surface area contributed by atoms with Crippen molar-refractivity contribution in [1.29, 1.82) is 0 Å². The number of ether oxygens (including phenoxy) is 1. The molecule has 0 radical (unpaired) electrons. The van der Waals surface area contributed by atoms with E-state index in [1.165, 1.54) is 0 Å². The smallest absolute Gasteiger partial charge is 0.446 e. The Labute approximate surface area is 252 Å². The third-order valence-electron chi connectivity index (χ3n) is 4.96. The van der Waals surface area contributed by atoms with Crippen LogP contribution in [0.25, 0.3) is 6.08 Å². The average Bonchev–Trinajstić information content (AvgIpc) is 2.76. The Morgan fingerprint density at radius 3 is 1.69 bits per heavy atom. The van der Waals surface area contributed by atoms with E-state index in [1.54, 1.807) is 0 Å². The van der Waals surface area contributed by atoms with Gasteiger partial charge < -0.3 is 18.2 Å². The number of hydrogen-bond donors (Lipinski definition) is 6. The molecule has 0 saturated heterocycles. The summed E-state index contributed by atoms with van der Waals surface area (Å²) in [6.45, 7) is 0. The van der Waals surface area contributed by atoms with Gasteiger partial charge in [-0.3, -0.25) is 22.8 Å². The molecule has 0 bridgehead atoms. The summed E-state index contributed by atoms with van der Waals surface area (Å²) in [6, 6.07) is 2.10. The van der Waals surface area contributed by atoms with Crippen molar-refractivity contribution >= 4 is 70.0 Å². The van der Waals surface area contributed by atoms with Crippen LogP contribution in [-0.2, 0) is 78.9 Å². The van der Waals surface area contributed by atoms with Crippen LogP contribution in [0.4, 0.5) is 0 Å². The first-order chi connectivity index (χ1) is 20.1. The van der Waals surface area contributed by atoms with Gasteiger partial charge in [-0.15, -0.1) is 0 Å². The maximum Gasteiger partial charge on any atom is 0.446 e. The lowest BCUT2D eigenvalue weighted by molar-refractivity contribution is -0.186. The molecule has 1 aliphatic rings. The quantitative estimate of drug-likeness (QED) is 0.0665. The van der Waals surface area contributed by atoms with Gasteiger partial charge in [0.2, 0.25) is 0 Å². The van der Waals surface area contributed by atoms with Crippen LogP contribution in [-0.4, -0.2) is 106 Å². The van der Waals surface area contributed by atoms with Gasteiger partial charge in [0.15, 0.2) is 17.1 Å². The van der Waals surface area contributed by atoms with Crippen LogP contribution in [0.5, 0.6) is 11.5 Å². The fraction of sp³-hybridized carbons (Fsp3) is 0.375. The van der Waals surface area contributed by atoms with Gasteiger partial charge in [-0.25, -0.2) is 22.1 Å². The van der Waals surface area contributed by atoms with Gasteiger partial charge in [0.05, 0.1) is 0 Å². The SMILES string of the molecule is O=C(/C=C/c1ccc(OS(=O)(=O)O)c(OS(=O)(=O)O)c1)O[C@@H]1C[C@@](OS(=O)(=O)O)(C(=O)O)C[C@@H](OS(=O)(=O)O)[C@@H]1OS(=O)(=O)O. The number of rotatable bonds is 14. The van der Waals surface area contributed by atoms with Gasteiger partial charge in [0.25, 0.3) is 0 Å². The van der Waals surface area contributed by atoms with E-state index in [1.807, 2.05) is 0 Å². The van der Waals surface area contributed by atoms with E-state index in [2.05, 4.69) is 20.9 Å². The first kappa shape index (κ1) is 38.1. The summed E-state index contributed by atoms with van der Waals surface area (Å²) in [7, 11) is -27.6. The van der Waals surface area contributed by atoms with Crippen molar-refractivity contribution in [3.63, 3.8) is 0 Å². The number of aliphatic carboxylic acids is 1. The second-order valence-electron chi connectivity index (χ2n) is 8.31. The van der Waals surface area contributed by atoms with Crippen LogP contribution in [0.1, 0.15) is 18.4 Å². The van der Waals surface area contributed by atoms with Crippen molar-refractivity contribution in [1.82, 2.24) is 0 Å². The lowest BCUT2D eigenvalue weighted by Crippen LogP contribution is -2.60. The molecule has 0 aromatic heterocycles. The summed E-state index contributed by atoms with van der Waals surface area (Å²) < 4.78 is 183. The molecule has 1 saturated carbocycles. The Kier molecular flexibility index (Phi) is 11.3. The van der Waals surface area contributed by atoms with E-state index in [0.717, 1.165) is 6.07 Å². The zero-order valence-corrected chi connectivity index (χ0v) is 25.2. The molecule has 29 heteroatoms. The van der Waals surface area contributed by atoms with Crippen LogP contribution in [0.15, 0.2) is 24.3 Å². The molecule has 1 aromatic rings. The molecular formula is C16H18O24S5. The van der Waals surface area contributed by atoms with E-state index in [-0.39, 0.29) is 5.56 Å². The maximum absolute atomic E-state index is 12.6. The largest absolute Gasteiger partial charge is 0.479 e. The molecule has 0 spiro atoms. The monoisotopic (exact) mass is 754 g/mol. The predicted octanol–water partition coefficient (Wildman–Crippen LogP) is -2.21. The second kappa shape index (κ2) is 13.3. The van der Waals surface area contributed by atoms with Gasteiger partial charge in [0, 0.05) is 18.9 Å². The molecule has 4 atom stereocenters. The molecule has 0 unspecified atom stereocenters. The maximum atomic E-state index is 12.6. The van der Waals surface area contributed by atoms with Crippen molar-refractivity contribution in [3.8, 4) is 11.5 Å². The molecule has 0 amide bonds. The molecule has 1 fully saturated rings. The third-order valence-corrected chi connectivity index (χ3v) is 7.23. The van der Waals surface area contributed by atoms with Crippen LogP contribution in [0.3, 0.4) is 0 Å². The molecule has 0 heterocycles. The summed E-state index contributed by atoms with van der Waals surface area (Å²) >= 11 is 0. The van der Waals surface area contributed by atoms with Gasteiger partial charge in [-0.1, -0.05) is 6.07 Å². The van der Waals surface area contributed by atoms with Crippen molar-refractivity contribution < 1.29 is 105 Å². The molecule has 256 valence electrons. The summed E-state index contributed by atoms with van der Waals surface area (Å²) in [4.78, 5) is 24.6. The first-order valence-electron chi connectivity index (χ1n) is 10.7. The normalized spacial score (nSPS) is 23.4. The third kappa shape index (κ3) is 13.1. The van der Waals surface area contributed by atoms with E-state index in [9.17, 15) is 56.8 Å². The van der Waals surface area contributed by atoms with Crippen molar-refractivity contribution in [2.24, 2.45) is 0 Å². The lowest BCUT2D eigenvalue weighted by atomic mass is 9.79. The first-order valence-corrected chi connectivity index (χ1v) is 17.5. The zero-order chi connectivity index (χ0) is 34.8. The van der Waals surface area contributed by atoms with E-state index < -0.39 is 112 Å². The number of carbonyl (C=O) groups is 2. The van der Waals surface area contributed by atoms with E-state index in [4.69, 9.17) is 27.5 Å². The number of esters is 1. The lowest BCUT2D eigenvalue weighted by Gasteiger charge is -2.42. The highest BCUT2D eigenvalue weighted by atomic mass is 32.3. The number of benzene rings is 1. The highest BCUT2D eigenvalue weighted by Crippen LogP contribution is 2.39. The van der Waals surface area contributed by atoms with Gasteiger partial charge in [-0.2, -0.15) is 42.1 Å². The molecule has 6 N–H and O–H groups in total. The van der Waals surface area contributed by atoms with E-state index in [0.29, 0.717) is 24.3 Å². The fourth-order valence-electron chi connectivity index (χ4n) is 3.64. The number of carbonyl (C=O) groups excluding carboxylic acids is 1. The van der Waals surface area contributed by atoms with Crippen LogP contribution < -0.4 is 8.37 Å². The summed E-state index contributed by atoms with van der Waals surface area (Å²) in [5.74, 6) is -6.04. The predicted molar refractivity (Wildman–Crippen MR) is 135 cm³/mol. The molecule has 1 aliphatic carbocycles. The molecular weight excluding hydrogens is 736 g/mol. The Morgan fingerprint density at radius 2 is 1.22 bits per heavy atom. The Hall–Kier alpha value is -3.07. The van der Waals surface area contributed by atoms with Crippen molar-refractivity contribution in [3.05, 3.63) is 29.8 Å². The summed E-state index contributed by atoms with van der Waals surface area (Å²) in [5, 5.41) is 9.62. The fourth-order valence-corrected chi connectivity index (χ4v) is 6.00. The molecule has 45 heavy (non-hydrogen) atoms. The minimum atomic E-state index is -5.72. The van der Waals surface area contributed by atoms with Crippen LogP contribution >= 0.6 is 0 Å². The number of carboxylic acids is 1. The van der Waals surface area contributed by atoms with Crippen molar-refractivity contribution in [2.45, 2.75) is 36.8 Å². The van der Waals surface area contributed by atoms with Gasteiger partial charge in [-0.05, 0) is 23.8 Å². The molecule has 24 nitrogen and oxygen atoms in total. The average molecular weight is 755 g/mol. The minimum Gasteiger partial charge on any atom is -0.479 e. The van der Waals surface area contributed by atoms with Crippen LogP contribution in [0.2, 0.25) is 0 Å².